The second-order valence-corrected chi connectivity index (χ2v) is 9.51. The number of aryl methyl sites for hydroxylation is 1. The maximum absolute atomic E-state index is 13.4. The summed E-state index contributed by atoms with van der Waals surface area (Å²) >= 11 is 1.44. The highest BCUT2D eigenvalue weighted by molar-refractivity contribution is 8.01. The van der Waals surface area contributed by atoms with Gasteiger partial charge in [-0.05, 0) is 36.6 Å². The molecule has 0 unspecified atom stereocenters. The molecule has 0 radical (unpaired) electrons. The minimum absolute atomic E-state index is 0.0280. The zero-order valence-corrected chi connectivity index (χ0v) is 19.2. The topological polar surface area (TPSA) is 46.6 Å². The van der Waals surface area contributed by atoms with Gasteiger partial charge in [-0.25, -0.2) is 0 Å². The van der Waals surface area contributed by atoms with Crippen molar-refractivity contribution in [3.63, 3.8) is 0 Å². The maximum atomic E-state index is 13.4. The van der Waals surface area contributed by atoms with Crippen molar-refractivity contribution in [2.45, 2.75) is 35.4 Å². The third-order valence-electron chi connectivity index (χ3n) is 5.94. The molecule has 1 aliphatic rings. The van der Waals surface area contributed by atoms with Crippen molar-refractivity contribution in [3.8, 4) is 0 Å². The second-order valence-electron chi connectivity index (χ2n) is 8.11. The molecular weight excluding hydrogens is 418 g/mol. The molecule has 3 aromatic rings. The van der Waals surface area contributed by atoms with Crippen LogP contribution in [0.4, 0.5) is 0 Å². The Morgan fingerprint density at radius 3 is 2.25 bits per heavy atom. The average molecular weight is 446 g/mol. The fourth-order valence-corrected chi connectivity index (χ4v) is 5.79. The number of carbonyl (C=O) groups excluding carboxylic acids is 2. The van der Waals surface area contributed by atoms with E-state index in [0.717, 1.165) is 28.0 Å². The lowest BCUT2D eigenvalue weighted by molar-refractivity contribution is -0.144. The van der Waals surface area contributed by atoms with Crippen LogP contribution in [0, 0.1) is 6.92 Å². The monoisotopic (exact) mass is 445 g/mol. The molecule has 0 saturated carbocycles. The normalized spacial score (nSPS) is 20.4. The quantitative estimate of drug-likeness (QED) is 0.468. The summed E-state index contributed by atoms with van der Waals surface area (Å²) in [6, 6.07) is 27.6. The van der Waals surface area contributed by atoms with Gasteiger partial charge in [-0.2, -0.15) is 0 Å². The van der Waals surface area contributed by atoms with Crippen LogP contribution in [-0.4, -0.2) is 35.2 Å². The lowest BCUT2D eigenvalue weighted by atomic mass is 9.92. The molecule has 1 heterocycles. The van der Waals surface area contributed by atoms with Gasteiger partial charge >= 0.3 is 5.97 Å². The molecule has 4 nitrogen and oxygen atoms in total. The number of nitrogens with zero attached hydrogens (tertiary/aromatic N) is 1. The summed E-state index contributed by atoms with van der Waals surface area (Å²) in [4.78, 5) is 29.5. The van der Waals surface area contributed by atoms with E-state index in [1.807, 2.05) is 84.6 Å². The second kappa shape index (κ2) is 9.61. The Morgan fingerprint density at radius 1 is 1.00 bits per heavy atom. The van der Waals surface area contributed by atoms with Gasteiger partial charge in [0.15, 0.2) is 4.75 Å². The van der Waals surface area contributed by atoms with Crippen LogP contribution in [0.5, 0.6) is 0 Å². The molecule has 0 bridgehead atoms. The molecular formula is C27H27NO3S. The summed E-state index contributed by atoms with van der Waals surface area (Å²) in [5.41, 5.74) is 3.25. The molecule has 4 rings (SSSR count). The number of ether oxygens (including phenoxy) is 1. The van der Waals surface area contributed by atoms with Crippen molar-refractivity contribution in [2.24, 2.45) is 0 Å². The number of hydrogen-bond donors (Lipinski definition) is 0. The standard InChI is InChI=1S/C27H27NO3S/c1-20-13-15-23(16-14-20)32-27(26(30)31-2)19-24(29)28(18-17-21-9-5-3-6-10-21)25(27)22-11-7-4-8-12-22/h3-16,25H,17-19H2,1-2H3/t25-,27-/m1/s1. The number of benzene rings is 3. The molecule has 164 valence electrons. The van der Waals surface area contributed by atoms with Crippen molar-refractivity contribution in [2.75, 3.05) is 13.7 Å². The maximum Gasteiger partial charge on any atom is 0.325 e. The molecule has 1 aliphatic heterocycles. The molecule has 2 atom stereocenters. The fourth-order valence-electron chi connectivity index (χ4n) is 4.36. The van der Waals surface area contributed by atoms with Crippen LogP contribution in [0.2, 0.25) is 0 Å². The van der Waals surface area contributed by atoms with Crippen LogP contribution in [0.25, 0.3) is 0 Å². The van der Waals surface area contributed by atoms with E-state index < -0.39 is 10.8 Å². The molecule has 1 fully saturated rings. The molecule has 0 spiro atoms. The van der Waals surface area contributed by atoms with Gasteiger partial charge in [0.2, 0.25) is 5.91 Å². The highest BCUT2D eigenvalue weighted by Gasteiger charge is 2.58. The summed E-state index contributed by atoms with van der Waals surface area (Å²) < 4.78 is 4.25. The number of carbonyl (C=O) groups is 2. The van der Waals surface area contributed by atoms with Crippen molar-refractivity contribution >= 4 is 23.6 Å². The number of methoxy groups -OCH3 is 1. The van der Waals surface area contributed by atoms with E-state index in [1.165, 1.54) is 18.9 Å². The van der Waals surface area contributed by atoms with Gasteiger partial charge in [-0.1, -0.05) is 78.4 Å². The molecule has 0 aliphatic carbocycles. The van der Waals surface area contributed by atoms with E-state index in [9.17, 15) is 9.59 Å². The smallest absolute Gasteiger partial charge is 0.325 e. The first-order chi connectivity index (χ1) is 15.5. The molecule has 1 saturated heterocycles. The zero-order chi connectivity index (χ0) is 22.6. The van der Waals surface area contributed by atoms with Crippen LogP contribution in [0.15, 0.2) is 89.8 Å². The number of rotatable bonds is 7. The Kier molecular flexibility index (Phi) is 6.66. The Balaban J connectivity index is 1.75. The molecule has 0 N–H and O–H groups in total. The van der Waals surface area contributed by atoms with E-state index in [1.54, 1.807) is 0 Å². The molecule has 0 aromatic heterocycles. The molecule has 32 heavy (non-hydrogen) atoms. The minimum atomic E-state index is -1.06. The number of amides is 1. The largest absolute Gasteiger partial charge is 0.468 e. The van der Waals surface area contributed by atoms with Crippen molar-refractivity contribution in [3.05, 3.63) is 102 Å². The van der Waals surface area contributed by atoms with Crippen LogP contribution in [0.3, 0.4) is 0 Å². The van der Waals surface area contributed by atoms with Gasteiger partial charge in [0.1, 0.15) is 0 Å². The summed E-state index contributed by atoms with van der Waals surface area (Å²) in [7, 11) is 1.40. The van der Waals surface area contributed by atoms with Gasteiger partial charge in [0.25, 0.3) is 0 Å². The first kappa shape index (κ1) is 22.2. The third kappa shape index (κ3) is 4.44. The van der Waals surface area contributed by atoms with Gasteiger partial charge in [-0.15, -0.1) is 11.8 Å². The molecule has 5 heteroatoms. The zero-order valence-electron chi connectivity index (χ0n) is 18.4. The Hall–Kier alpha value is -3.05. The van der Waals surface area contributed by atoms with Crippen LogP contribution in [-0.2, 0) is 20.7 Å². The Bertz CT molecular complexity index is 1070. The lowest BCUT2D eigenvalue weighted by Gasteiger charge is -2.35. The summed E-state index contributed by atoms with van der Waals surface area (Å²) in [5.74, 6) is -0.396. The van der Waals surface area contributed by atoms with Crippen molar-refractivity contribution in [1.82, 2.24) is 4.90 Å². The van der Waals surface area contributed by atoms with Gasteiger partial charge in [-0.3, -0.25) is 9.59 Å². The van der Waals surface area contributed by atoms with Crippen LogP contribution < -0.4 is 0 Å². The molecule has 1 amide bonds. The highest BCUT2D eigenvalue weighted by atomic mass is 32.2. The highest BCUT2D eigenvalue weighted by Crippen LogP contribution is 2.53. The lowest BCUT2D eigenvalue weighted by Crippen LogP contribution is -2.43. The summed E-state index contributed by atoms with van der Waals surface area (Å²) in [6.07, 6.45) is 0.828. The summed E-state index contributed by atoms with van der Waals surface area (Å²) in [5, 5.41) is 0. The first-order valence-electron chi connectivity index (χ1n) is 10.8. The van der Waals surface area contributed by atoms with Crippen molar-refractivity contribution in [1.29, 1.82) is 0 Å². The predicted molar refractivity (Wildman–Crippen MR) is 127 cm³/mol. The van der Waals surface area contributed by atoms with Crippen LogP contribution in [0.1, 0.15) is 29.2 Å². The van der Waals surface area contributed by atoms with Gasteiger partial charge < -0.3 is 9.64 Å². The fraction of sp³-hybridized carbons (Fsp3) is 0.259. The van der Waals surface area contributed by atoms with E-state index in [4.69, 9.17) is 4.74 Å². The van der Waals surface area contributed by atoms with E-state index >= 15 is 0 Å². The molecule has 3 aromatic carbocycles. The van der Waals surface area contributed by atoms with Crippen molar-refractivity contribution < 1.29 is 14.3 Å². The number of esters is 1. The van der Waals surface area contributed by atoms with E-state index in [2.05, 4.69) is 12.1 Å². The van der Waals surface area contributed by atoms with Gasteiger partial charge in [0.05, 0.1) is 19.6 Å². The van der Waals surface area contributed by atoms with Gasteiger partial charge in [0, 0.05) is 11.4 Å². The number of thioether (sulfide) groups is 1. The van der Waals surface area contributed by atoms with Crippen LogP contribution >= 0.6 is 11.8 Å². The minimum Gasteiger partial charge on any atom is -0.468 e. The Labute approximate surface area is 193 Å². The van der Waals surface area contributed by atoms with E-state index in [0.29, 0.717) is 6.54 Å². The Morgan fingerprint density at radius 2 is 1.62 bits per heavy atom. The average Bonchev–Trinajstić information content (AvgIpc) is 3.11. The number of likely N-dealkylation sites (tertiary alicyclic amines) is 1. The van der Waals surface area contributed by atoms with E-state index in [-0.39, 0.29) is 18.3 Å². The number of hydrogen-bond acceptors (Lipinski definition) is 4. The predicted octanol–water partition coefficient (Wildman–Crippen LogP) is 5.22. The SMILES string of the molecule is COC(=O)[C@@]1(Sc2ccc(C)cc2)CC(=O)N(CCc2ccccc2)[C@@H]1c1ccccc1. The first-order valence-corrected chi connectivity index (χ1v) is 11.6. The third-order valence-corrected chi connectivity index (χ3v) is 7.35. The summed E-state index contributed by atoms with van der Waals surface area (Å²) in [6.45, 7) is 2.57.